The largest absolute Gasteiger partial charge is 0.423 e. The number of anilines is 1. The molecule has 4 aromatic rings. The van der Waals surface area contributed by atoms with Gasteiger partial charge in [0.05, 0.1) is 19.8 Å². The van der Waals surface area contributed by atoms with Crippen molar-refractivity contribution in [3.05, 3.63) is 71.8 Å². The smallest absolute Gasteiger partial charge is 0.299 e. The van der Waals surface area contributed by atoms with E-state index in [1.807, 2.05) is 41.1 Å². The first-order chi connectivity index (χ1) is 13.8. The molecule has 7 nitrogen and oxygen atoms in total. The van der Waals surface area contributed by atoms with Gasteiger partial charge in [-0.1, -0.05) is 36.4 Å². The van der Waals surface area contributed by atoms with Gasteiger partial charge in [0.2, 0.25) is 0 Å². The van der Waals surface area contributed by atoms with E-state index in [0.717, 1.165) is 22.5 Å². The Kier molecular flexibility index (Phi) is 4.29. The highest BCUT2D eigenvalue weighted by atomic mass is 16.5. The van der Waals surface area contributed by atoms with Crippen molar-refractivity contribution in [3.63, 3.8) is 0 Å². The highest BCUT2D eigenvalue weighted by molar-refractivity contribution is 5.75. The van der Waals surface area contributed by atoms with Crippen LogP contribution in [0.5, 0.6) is 0 Å². The fourth-order valence-electron chi connectivity index (χ4n) is 3.60. The summed E-state index contributed by atoms with van der Waals surface area (Å²) in [6.45, 7) is 4.55. The molecule has 0 aliphatic carbocycles. The summed E-state index contributed by atoms with van der Waals surface area (Å²) in [5.41, 5.74) is 3.99. The zero-order chi connectivity index (χ0) is 18.9. The molecule has 7 heteroatoms. The normalized spacial score (nSPS) is 17.3. The Morgan fingerprint density at radius 3 is 2.93 bits per heavy atom. The zero-order valence-electron chi connectivity index (χ0n) is 15.7. The number of oxazole rings is 1. The van der Waals surface area contributed by atoms with Gasteiger partial charge < -0.3 is 14.1 Å². The van der Waals surface area contributed by atoms with Crippen LogP contribution in [0, 0.1) is 6.92 Å². The first kappa shape index (κ1) is 16.9. The maximum atomic E-state index is 6.05. The summed E-state index contributed by atoms with van der Waals surface area (Å²) in [4.78, 5) is 11.4. The minimum atomic E-state index is -0.103. The van der Waals surface area contributed by atoms with Crippen LogP contribution in [0.25, 0.3) is 11.1 Å². The predicted molar refractivity (Wildman–Crippen MR) is 105 cm³/mol. The SMILES string of the molecule is Cc1ccc2oc(N3CCOCC3c3ncnn3Cc3ccccc3)nc2c1. The summed E-state index contributed by atoms with van der Waals surface area (Å²) in [7, 11) is 0. The Morgan fingerprint density at radius 2 is 2.04 bits per heavy atom. The number of hydrogen-bond donors (Lipinski definition) is 0. The summed E-state index contributed by atoms with van der Waals surface area (Å²) >= 11 is 0. The quantitative estimate of drug-likeness (QED) is 0.545. The molecule has 0 radical (unpaired) electrons. The molecule has 0 spiro atoms. The average Bonchev–Trinajstić information content (AvgIpc) is 3.35. The minimum absolute atomic E-state index is 0.103. The van der Waals surface area contributed by atoms with Crippen molar-refractivity contribution in [2.45, 2.75) is 19.5 Å². The molecule has 0 N–H and O–H groups in total. The highest BCUT2D eigenvalue weighted by Crippen LogP contribution is 2.31. The molecule has 0 bridgehead atoms. The first-order valence-corrected chi connectivity index (χ1v) is 9.41. The van der Waals surface area contributed by atoms with Gasteiger partial charge in [-0.15, -0.1) is 0 Å². The molecule has 1 saturated heterocycles. The summed E-state index contributed by atoms with van der Waals surface area (Å²) in [6.07, 6.45) is 1.60. The number of nitrogens with zero attached hydrogens (tertiary/aromatic N) is 5. The summed E-state index contributed by atoms with van der Waals surface area (Å²) in [5.74, 6) is 0.849. The van der Waals surface area contributed by atoms with Gasteiger partial charge in [-0.05, 0) is 30.2 Å². The third kappa shape index (κ3) is 3.14. The van der Waals surface area contributed by atoms with Crippen molar-refractivity contribution in [3.8, 4) is 0 Å². The number of hydrogen-bond acceptors (Lipinski definition) is 6. The molecular weight excluding hydrogens is 354 g/mol. The van der Waals surface area contributed by atoms with Crippen LogP contribution in [0.3, 0.4) is 0 Å². The van der Waals surface area contributed by atoms with Gasteiger partial charge in [-0.2, -0.15) is 10.1 Å². The van der Waals surface area contributed by atoms with E-state index in [4.69, 9.17) is 14.1 Å². The number of morpholine rings is 1. The van der Waals surface area contributed by atoms with Crippen molar-refractivity contribution in [1.29, 1.82) is 0 Å². The number of aryl methyl sites for hydroxylation is 1. The van der Waals surface area contributed by atoms with Gasteiger partial charge in [-0.3, -0.25) is 0 Å². The Hall–Kier alpha value is -3.19. The van der Waals surface area contributed by atoms with Gasteiger partial charge in [0, 0.05) is 6.54 Å². The highest BCUT2D eigenvalue weighted by Gasteiger charge is 2.32. The lowest BCUT2D eigenvalue weighted by molar-refractivity contribution is 0.0877. The lowest BCUT2D eigenvalue weighted by atomic mass is 10.2. The molecule has 1 aliphatic heterocycles. The van der Waals surface area contributed by atoms with Gasteiger partial charge in [0.15, 0.2) is 11.4 Å². The third-order valence-electron chi connectivity index (χ3n) is 5.02. The van der Waals surface area contributed by atoms with E-state index in [1.54, 1.807) is 6.33 Å². The van der Waals surface area contributed by atoms with Gasteiger partial charge in [0.1, 0.15) is 17.9 Å². The average molecular weight is 375 g/mol. The van der Waals surface area contributed by atoms with Crippen LogP contribution >= 0.6 is 0 Å². The van der Waals surface area contributed by atoms with Crippen molar-refractivity contribution in [2.24, 2.45) is 0 Å². The standard InChI is InChI=1S/C21H21N5O2/c1-15-7-8-19-17(11-15)24-21(28-19)25-9-10-27-13-18(25)20-22-14-23-26(20)12-16-5-3-2-4-6-16/h2-8,11,14,18H,9-10,12-13H2,1H3. The molecule has 1 atom stereocenters. The maximum absolute atomic E-state index is 6.05. The molecule has 28 heavy (non-hydrogen) atoms. The van der Waals surface area contributed by atoms with Crippen LogP contribution < -0.4 is 4.90 Å². The molecule has 0 saturated carbocycles. The van der Waals surface area contributed by atoms with Crippen LogP contribution in [0.15, 0.2) is 59.3 Å². The molecule has 1 aliphatic rings. The summed E-state index contributed by atoms with van der Waals surface area (Å²) in [5, 5.41) is 4.44. The van der Waals surface area contributed by atoms with Crippen LogP contribution in [-0.4, -0.2) is 39.5 Å². The van der Waals surface area contributed by atoms with Crippen molar-refractivity contribution in [1.82, 2.24) is 19.7 Å². The second-order valence-corrected chi connectivity index (χ2v) is 7.01. The molecule has 1 unspecified atom stereocenters. The minimum Gasteiger partial charge on any atom is -0.423 e. The van der Waals surface area contributed by atoms with E-state index in [2.05, 4.69) is 34.0 Å². The molecule has 5 rings (SSSR count). The zero-order valence-corrected chi connectivity index (χ0v) is 15.7. The predicted octanol–water partition coefficient (Wildman–Crippen LogP) is 3.35. The van der Waals surface area contributed by atoms with Gasteiger partial charge in [-0.25, -0.2) is 9.67 Å². The molecule has 142 valence electrons. The number of aromatic nitrogens is 4. The number of rotatable bonds is 4. The van der Waals surface area contributed by atoms with E-state index in [-0.39, 0.29) is 6.04 Å². The van der Waals surface area contributed by atoms with Crippen LogP contribution in [0.1, 0.15) is 23.0 Å². The van der Waals surface area contributed by atoms with Crippen LogP contribution in [-0.2, 0) is 11.3 Å². The number of fused-ring (bicyclic) bond motifs is 1. The number of ether oxygens (including phenoxy) is 1. The molecule has 2 aromatic heterocycles. The fraction of sp³-hybridized carbons (Fsp3) is 0.286. The number of benzene rings is 2. The molecule has 1 fully saturated rings. The van der Waals surface area contributed by atoms with Gasteiger partial charge in [0.25, 0.3) is 6.01 Å². The Bertz CT molecular complexity index is 1090. The second kappa shape index (κ2) is 7.09. The molecule has 2 aromatic carbocycles. The van der Waals surface area contributed by atoms with Gasteiger partial charge >= 0.3 is 0 Å². The first-order valence-electron chi connectivity index (χ1n) is 9.41. The lowest BCUT2D eigenvalue weighted by Crippen LogP contribution is -2.41. The summed E-state index contributed by atoms with van der Waals surface area (Å²) in [6, 6.07) is 16.8. The fourth-order valence-corrected chi connectivity index (χ4v) is 3.60. The Morgan fingerprint density at radius 1 is 1.14 bits per heavy atom. The van der Waals surface area contributed by atoms with E-state index in [9.17, 15) is 0 Å². The molecular formula is C21H21N5O2. The van der Waals surface area contributed by atoms with Crippen molar-refractivity contribution < 1.29 is 9.15 Å². The Labute approximate surface area is 162 Å². The lowest BCUT2D eigenvalue weighted by Gasteiger charge is -2.33. The van der Waals surface area contributed by atoms with E-state index < -0.39 is 0 Å². The van der Waals surface area contributed by atoms with Crippen LogP contribution in [0.4, 0.5) is 6.01 Å². The molecule has 3 heterocycles. The maximum Gasteiger partial charge on any atom is 0.299 e. The monoisotopic (exact) mass is 375 g/mol. The van der Waals surface area contributed by atoms with E-state index in [0.29, 0.717) is 32.3 Å². The topological polar surface area (TPSA) is 69.2 Å². The second-order valence-electron chi connectivity index (χ2n) is 7.01. The van der Waals surface area contributed by atoms with E-state index in [1.165, 1.54) is 5.56 Å². The molecule has 0 amide bonds. The third-order valence-corrected chi connectivity index (χ3v) is 5.02. The Balaban J connectivity index is 1.49. The van der Waals surface area contributed by atoms with Crippen molar-refractivity contribution in [2.75, 3.05) is 24.7 Å². The van der Waals surface area contributed by atoms with Crippen LogP contribution in [0.2, 0.25) is 0 Å². The summed E-state index contributed by atoms with van der Waals surface area (Å²) < 4.78 is 13.7. The van der Waals surface area contributed by atoms with E-state index >= 15 is 0 Å². The van der Waals surface area contributed by atoms with Crippen molar-refractivity contribution >= 4 is 17.1 Å².